The van der Waals surface area contributed by atoms with Gasteiger partial charge in [-0.2, -0.15) is 0 Å². The Morgan fingerprint density at radius 1 is 0.955 bits per heavy atom. The predicted molar refractivity (Wildman–Crippen MR) is 94.0 cm³/mol. The Morgan fingerprint density at radius 2 is 1.50 bits per heavy atom. The molecule has 0 atom stereocenters. The number of carbonyl (C=O) groups is 1. The summed E-state index contributed by atoms with van der Waals surface area (Å²) in [7, 11) is 0. The molecule has 0 aliphatic carbocycles. The Labute approximate surface area is 139 Å². The molecule has 124 valence electrons. The van der Waals surface area contributed by atoms with E-state index in [0.29, 0.717) is 5.02 Å². The minimum Gasteiger partial charge on any atom is -0.478 e. The third-order valence-corrected chi connectivity index (χ3v) is 4.43. The van der Waals surface area contributed by atoms with E-state index < -0.39 is 5.97 Å². The molecule has 0 radical (unpaired) electrons. The van der Waals surface area contributed by atoms with E-state index in [9.17, 15) is 9.90 Å². The lowest BCUT2D eigenvalue weighted by Crippen LogP contribution is -2.03. The molecule has 22 heavy (non-hydrogen) atoms. The van der Waals surface area contributed by atoms with Gasteiger partial charge in [0.2, 0.25) is 0 Å². The van der Waals surface area contributed by atoms with Crippen LogP contribution < -0.4 is 0 Å². The maximum absolute atomic E-state index is 11.2. The summed E-state index contributed by atoms with van der Waals surface area (Å²) in [6, 6.07) is 5.36. The summed E-state index contributed by atoms with van der Waals surface area (Å²) in [4.78, 5) is 11.2. The molecule has 0 fully saturated rings. The lowest BCUT2D eigenvalue weighted by Gasteiger charge is -2.07. The van der Waals surface area contributed by atoms with Gasteiger partial charge in [-0.25, -0.2) is 4.79 Å². The minimum atomic E-state index is -0.923. The largest absolute Gasteiger partial charge is 0.478 e. The number of carboxylic acids is 1. The van der Waals surface area contributed by atoms with Gasteiger partial charge in [0.25, 0.3) is 0 Å². The number of hydrogen-bond acceptors (Lipinski definition) is 1. The van der Waals surface area contributed by atoms with Crippen LogP contribution in [0.5, 0.6) is 0 Å². The summed E-state index contributed by atoms with van der Waals surface area (Å²) in [5.74, 6) is -0.923. The molecule has 0 unspecified atom stereocenters. The van der Waals surface area contributed by atoms with Gasteiger partial charge in [-0.05, 0) is 24.5 Å². The van der Waals surface area contributed by atoms with Crippen molar-refractivity contribution in [3.8, 4) is 0 Å². The van der Waals surface area contributed by atoms with E-state index in [1.165, 1.54) is 57.8 Å². The van der Waals surface area contributed by atoms with E-state index in [0.717, 1.165) is 18.4 Å². The monoisotopic (exact) mass is 324 g/mol. The van der Waals surface area contributed by atoms with Crippen LogP contribution in [0.3, 0.4) is 0 Å². The number of unbranched alkanes of at least 4 members (excludes halogenated alkanes) is 9. The Hall–Kier alpha value is -1.02. The summed E-state index contributed by atoms with van der Waals surface area (Å²) in [6.45, 7) is 2.25. The highest BCUT2D eigenvalue weighted by Gasteiger charge is 2.13. The van der Waals surface area contributed by atoms with Crippen molar-refractivity contribution in [2.45, 2.75) is 77.6 Å². The molecular formula is C19H29ClO2. The van der Waals surface area contributed by atoms with Gasteiger partial charge in [0.1, 0.15) is 0 Å². The lowest BCUT2D eigenvalue weighted by atomic mass is 10.00. The van der Waals surface area contributed by atoms with Crippen molar-refractivity contribution in [3.63, 3.8) is 0 Å². The predicted octanol–water partition coefficient (Wildman–Crippen LogP) is 6.50. The molecule has 0 aliphatic heterocycles. The molecule has 0 amide bonds. The first-order valence-electron chi connectivity index (χ1n) is 8.67. The maximum Gasteiger partial charge on any atom is 0.337 e. The third kappa shape index (κ3) is 7.31. The SMILES string of the molecule is CCCCCCCCCCCCc1cccc(Cl)c1C(=O)O. The lowest BCUT2D eigenvalue weighted by molar-refractivity contribution is 0.0696. The van der Waals surface area contributed by atoms with Crippen LogP contribution in [-0.4, -0.2) is 11.1 Å². The van der Waals surface area contributed by atoms with Gasteiger partial charge >= 0.3 is 5.97 Å². The fraction of sp³-hybridized carbons (Fsp3) is 0.632. The molecule has 1 aromatic carbocycles. The second-order valence-corrected chi connectivity index (χ2v) is 6.42. The second kappa shape index (κ2) is 11.5. The highest BCUT2D eigenvalue weighted by molar-refractivity contribution is 6.33. The molecule has 2 nitrogen and oxygen atoms in total. The van der Waals surface area contributed by atoms with Crippen molar-refractivity contribution in [1.82, 2.24) is 0 Å². The molecular weight excluding hydrogens is 296 g/mol. The first-order valence-corrected chi connectivity index (χ1v) is 9.05. The van der Waals surface area contributed by atoms with E-state index in [1.54, 1.807) is 6.07 Å². The summed E-state index contributed by atoms with van der Waals surface area (Å²) >= 11 is 5.98. The molecule has 0 aliphatic rings. The number of benzene rings is 1. The smallest absolute Gasteiger partial charge is 0.337 e. The van der Waals surface area contributed by atoms with Crippen molar-refractivity contribution >= 4 is 17.6 Å². The normalized spacial score (nSPS) is 10.8. The second-order valence-electron chi connectivity index (χ2n) is 6.01. The van der Waals surface area contributed by atoms with Gasteiger partial charge in [0, 0.05) is 0 Å². The van der Waals surface area contributed by atoms with Crippen molar-refractivity contribution in [2.75, 3.05) is 0 Å². The average Bonchev–Trinajstić information content (AvgIpc) is 2.48. The zero-order valence-electron chi connectivity index (χ0n) is 13.7. The highest BCUT2D eigenvalue weighted by Crippen LogP contribution is 2.22. The van der Waals surface area contributed by atoms with Gasteiger partial charge in [-0.15, -0.1) is 0 Å². The molecule has 0 saturated carbocycles. The summed E-state index contributed by atoms with van der Waals surface area (Å²) < 4.78 is 0. The summed E-state index contributed by atoms with van der Waals surface area (Å²) in [5.41, 5.74) is 1.14. The standard InChI is InChI=1S/C19H29ClO2/c1-2-3-4-5-6-7-8-9-10-11-13-16-14-12-15-17(20)18(16)19(21)22/h12,14-15H,2-11,13H2,1H3,(H,21,22). The Morgan fingerprint density at radius 3 is 2.05 bits per heavy atom. The molecule has 0 heterocycles. The van der Waals surface area contributed by atoms with Gasteiger partial charge < -0.3 is 5.11 Å². The number of aromatic carboxylic acids is 1. The molecule has 3 heteroatoms. The number of rotatable bonds is 12. The molecule has 1 aromatic rings. The highest BCUT2D eigenvalue weighted by atomic mass is 35.5. The number of carboxylic acid groups (broad SMARTS) is 1. The molecule has 1 rings (SSSR count). The van der Waals surface area contributed by atoms with Crippen LogP contribution >= 0.6 is 11.6 Å². The van der Waals surface area contributed by atoms with E-state index in [4.69, 9.17) is 11.6 Å². The van der Waals surface area contributed by atoms with Crippen LogP contribution in [-0.2, 0) is 6.42 Å². The zero-order valence-corrected chi connectivity index (χ0v) is 14.5. The van der Waals surface area contributed by atoms with Crippen molar-refractivity contribution in [1.29, 1.82) is 0 Å². The summed E-state index contributed by atoms with van der Waals surface area (Å²) in [6.07, 6.45) is 13.7. The van der Waals surface area contributed by atoms with Gasteiger partial charge in [-0.1, -0.05) is 88.4 Å². The molecule has 1 N–H and O–H groups in total. The van der Waals surface area contributed by atoms with Crippen LogP contribution in [0, 0.1) is 0 Å². The average molecular weight is 325 g/mol. The fourth-order valence-corrected chi connectivity index (χ4v) is 3.09. The molecule has 0 spiro atoms. The first-order chi connectivity index (χ1) is 10.7. The van der Waals surface area contributed by atoms with Crippen molar-refractivity contribution in [3.05, 3.63) is 34.3 Å². The van der Waals surface area contributed by atoms with Crippen molar-refractivity contribution < 1.29 is 9.90 Å². The van der Waals surface area contributed by atoms with Gasteiger partial charge in [0.15, 0.2) is 0 Å². The topological polar surface area (TPSA) is 37.3 Å². The Balaban J connectivity index is 2.15. The summed E-state index contributed by atoms with van der Waals surface area (Å²) in [5, 5.41) is 9.57. The molecule has 0 bridgehead atoms. The van der Waals surface area contributed by atoms with E-state index in [-0.39, 0.29) is 5.56 Å². The van der Waals surface area contributed by atoms with E-state index in [2.05, 4.69) is 6.92 Å². The third-order valence-electron chi connectivity index (χ3n) is 4.11. The van der Waals surface area contributed by atoms with E-state index >= 15 is 0 Å². The minimum absolute atomic E-state index is 0.278. The van der Waals surface area contributed by atoms with Crippen LogP contribution in [0.1, 0.15) is 87.1 Å². The Kier molecular flexibility index (Phi) is 9.98. The Bertz CT molecular complexity index is 443. The van der Waals surface area contributed by atoms with Crippen molar-refractivity contribution in [2.24, 2.45) is 0 Å². The van der Waals surface area contributed by atoms with Gasteiger partial charge in [-0.3, -0.25) is 0 Å². The van der Waals surface area contributed by atoms with E-state index in [1.807, 2.05) is 12.1 Å². The van der Waals surface area contributed by atoms with Gasteiger partial charge in [0.05, 0.1) is 10.6 Å². The van der Waals surface area contributed by atoms with Crippen LogP contribution in [0.15, 0.2) is 18.2 Å². The number of aryl methyl sites for hydroxylation is 1. The molecule has 0 saturated heterocycles. The number of halogens is 1. The van der Waals surface area contributed by atoms with Crippen LogP contribution in [0.25, 0.3) is 0 Å². The molecule has 0 aromatic heterocycles. The maximum atomic E-state index is 11.2. The van der Waals surface area contributed by atoms with Crippen LogP contribution in [0.4, 0.5) is 0 Å². The zero-order chi connectivity index (χ0) is 16.2. The van der Waals surface area contributed by atoms with Crippen LogP contribution in [0.2, 0.25) is 5.02 Å². The number of hydrogen-bond donors (Lipinski definition) is 1. The fourth-order valence-electron chi connectivity index (χ4n) is 2.82. The first kappa shape index (κ1) is 19.0. The quantitative estimate of drug-likeness (QED) is 0.445.